The number of aromatic nitrogens is 1. The maximum Gasteiger partial charge on any atom is 0.129 e. The fourth-order valence-corrected chi connectivity index (χ4v) is 4.04. The summed E-state index contributed by atoms with van der Waals surface area (Å²) in [7, 11) is 5.09. The van der Waals surface area contributed by atoms with Crippen molar-refractivity contribution >= 4 is 24.8 Å². The van der Waals surface area contributed by atoms with Crippen LogP contribution < -0.4 is 19.5 Å². The van der Waals surface area contributed by atoms with Crippen LogP contribution >= 0.6 is 24.8 Å². The van der Waals surface area contributed by atoms with E-state index in [1.165, 1.54) is 16.7 Å². The van der Waals surface area contributed by atoms with E-state index in [-0.39, 0.29) is 30.9 Å². The molecule has 0 fully saturated rings. The molecule has 0 saturated carbocycles. The summed E-state index contributed by atoms with van der Waals surface area (Å²) in [6, 6.07) is 14.8. The van der Waals surface area contributed by atoms with Gasteiger partial charge in [0.15, 0.2) is 0 Å². The van der Waals surface area contributed by atoms with Gasteiger partial charge in [-0.15, -0.1) is 24.8 Å². The van der Waals surface area contributed by atoms with Crippen molar-refractivity contribution < 1.29 is 14.2 Å². The number of nitrogens with one attached hydrogen (secondary N) is 1. The molecule has 2 aromatic carbocycles. The van der Waals surface area contributed by atoms with E-state index < -0.39 is 0 Å². The molecule has 7 heteroatoms. The fraction of sp³-hybridized carbons (Fsp3) is 0.292. The highest BCUT2D eigenvalue weighted by molar-refractivity contribution is 5.85. The first-order valence-corrected chi connectivity index (χ1v) is 9.79. The van der Waals surface area contributed by atoms with E-state index in [1.807, 2.05) is 18.3 Å². The quantitative estimate of drug-likeness (QED) is 0.555. The highest BCUT2D eigenvalue weighted by Gasteiger charge is 2.25. The maximum absolute atomic E-state index is 5.68. The first kappa shape index (κ1) is 24.8. The number of ether oxygens (including phenoxy) is 3. The van der Waals surface area contributed by atoms with E-state index in [0.29, 0.717) is 0 Å². The zero-order valence-electron chi connectivity index (χ0n) is 17.9. The largest absolute Gasteiger partial charge is 0.497 e. The molecular formula is C24H28Cl2N2O3. The van der Waals surface area contributed by atoms with Gasteiger partial charge in [0, 0.05) is 35.6 Å². The van der Waals surface area contributed by atoms with Gasteiger partial charge in [-0.2, -0.15) is 0 Å². The summed E-state index contributed by atoms with van der Waals surface area (Å²) in [5.74, 6) is 2.55. The SMILES string of the molecule is COc1cc2c(c(OC)c1)C(Cc1ccc(-c3cnccc3OC)cc1)NCC2.Cl.Cl. The van der Waals surface area contributed by atoms with Crippen LogP contribution in [0.4, 0.5) is 0 Å². The Morgan fingerprint density at radius 3 is 2.35 bits per heavy atom. The van der Waals surface area contributed by atoms with Crippen molar-refractivity contribution in [3.8, 4) is 28.4 Å². The van der Waals surface area contributed by atoms with Gasteiger partial charge in [0.2, 0.25) is 0 Å². The Kier molecular flexibility index (Phi) is 8.99. The normalized spacial score (nSPS) is 14.5. The lowest BCUT2D eigenvalue weighted by Crippen LogP contribution is -2.31. The van der Waals surface area contributed by atoms with Crippen LogP contribution in [-0.4, -0.2) is 32.9 Å². The predicted octanol–water partition coefficient (Wildman–Crippen LogP) is 5.05. The van der Waals surface area contributed by atoms with E-state index in [1.54, 1.807) is 27.5 Å². The van der Waals surface area contributed by atoms with E-state index in [2.05, 4.69) is 40.6 Å². The smallest absolute Gasteiger partial charge is 0.129 e. The van der Waals surface area contributed by atoms with Crippen molar-refractivity contribution in [2.24, 2.45) is 0 Å². The highest BCUT2D eigenvalue weighted by atomic mass is 35.5. The molecule has 1 N–H and O–H groups in total. The van der Waals surface area contributed by atoms with Gasteiger partial charge < -0.3 is 19.5 Å². The first-order chi connectivity index (χ1) is 14.2. The van der Waals surface area contributed by atoms with E-state index in [0.717, 1.165) is 47.8 Å². The summed E-state index contributed by atoms with van der Waals surface area (Å²) in [5, 5.41) is 3.65. The maximum atomic E-state index is 5.68. The second-order valence-corrected chi connectivity index (χ2v) is 7.14. The van der Waals surface area contributed by atoms with E-state index in [4.69, 9.17) is 14.2 Å². The zero-order chi connectivity index (χ0) is 20.2. The molecule has 0 amide bonds. The number of fused-ring (bicyclic) bond motifs is 1. The molecule has 166 valence electrons. The molecule has 2 heterocycles. The molecule has 4 rings (SSSR count). The molecular weight excluding hydrogens is 435 g/mol. The lowest BCUT2D eigenvalue weighted by molar-refractivity contribution is 0.377. The Labute approximate surface area is 196 Å². The lowest BCUT2D eigenvalue weighted by atomic mass is 9.89. The molecule has 5 nitrogen and oxygen atoms in total. The molecule has 1 aliphatic rings. The van der Waals surface area contributed by atoms with Gasteiger partial charge in [-0.3, -0.25) is 4.98 Å². The third kappa shape index (κ3) is 5.24. The molecule has 1 atom stereocenters. The first-order valence-electron chi connectivity index (χ1n) is 9.79. The molecule has 0 aliphatic carbocycles. The Morgan fingerprint density at radius 2 is 1.68 bits per heavy atom. The Balaban J connectivity index is 0.00000171. The van der Waals surface area contributed by atoms with Gasteiger partial charge in [-0.05, 0) is 48.2 Å². The van der Waals surface area contributed by atoms with Crippen LogP contribution in [0.3, 0.4) is 0 Å². The number of nitrogens with zero attached hydrogens (tertiary/aromatic N) is 1. The molecule has 31 heavy (non-hydrogen) atoms. The summed E-state index contributed by atoms with van der Waals surface area (Å²) in [6.07, 6.45) is 5.44. The number of methoxy groups -OCH3 is 3. The summed E-state index contributed by atoms with van der Waals surface area (Å²) in [5.41, 5.74) is 5.88. The monoisotopic (exact) mass is 462 g/mol. The van der Waals surface area contributed by atoms with E-state index in [9.17, 15) is 0 Å². The average molecular weight is 463 g/mol. The predicted molar refractivity (Wildman–Crippen MR) is 128 cm³/mol. The second-order valence-electron chi connectivity index (χ2n) is 7.14. The molecule has 1 aromatic heterocycles. The number of benzene rings is 2. The second kappa shape index (κ2) is 11.2. The number of hydrogen-bond donors (Lipinski definition) is 1. The molecule has 1 aliphatic heterocycles. The van der Waals surface area contributed by atoms with Crippen molar-refractivity contribution in [1.29, 1.82) is 0 Å². The van der Waals surface area contributed by atoms with Crippen LogP contribution in [0.2, 0.25) is 0 Å². The molecule has 0 spiro atoms. The van der Waals surface area contributed by atoms with Gasteiger partial charge in [0.05, 0.1) is 21.3 Å². The summed E-state index contributed by atoms with van der Waals surface area (Å²) in [4.78, 5) is 4.23. The number of rotatable bonds is 6. The standard InChI is InChI=1S/C24H26N2O3.2ClH/c1-27-19-13-18-8-11-26-21(24(18)23(14-19)29-3)12-16-4-6-17(7-5-16)20-15-25-10-9-22(20)28-2;;/h4-7,9-10,13-15,21,26H,8,11-12H2,1-3H3;2*1H. The summed E-state index contributed by atoms with van der Waals surface area (Å²) < 4.78 is 16.6. The number of halogens is 2. The third-order valence-corrected chi connectivity index (χ3v) is 5.50. The third-order valence-electron chi connectivity index (χ3n) is 5.50. The Bertz CT molecular complexity index is 979. The lowest BCUT2D eigenvalue weighted by Gasteiger charge is -2.29. The molecule has 3 aromatic rings. The van der Waals surface area contributed by atoms with Crippen molar-refractivity contribution in [1.82, 2.24) is 10.3 Å². The topological polar surface area (TPSA) is 52.6 Å². The molecule has 0 saturated heterocycles. The Hall–Kier alpha value is -2.47. The molecule has 0 bridgehead atoms. The van der Waals surface area contributed by atoms with Gasteiger partial charge in [0.1, 0.15) is 17.2 Å². The van der Waals surface area contributed by atoms with Crippen LogP contribution in [0.5, 0.6) is 17.2 Å². The van der Waals surface area contributed by atoms with Gasteiger partial charge in [0.25, 0.3) is 0 Å². The molecule has 1 unspecified atom stereocenters. The fourth-order valence-electron chi connectivity index (χ4n) is 4.04. The van der Waals surface area contributed by atoms with Crippen molar-refractivity contribution in [2.45, 2.75) is 18.9 Å². The summed E-state index contributed by atoms with van der Waals surface area (Å²) >= 11 is 0. The zero-order valence-corrected chi connectivity index (χ0v) is 19.5. The Morgan fingerprint density at radius 1 is 0.935 bits per heavy atom. The minimum absolute atomic E-state index is 0. The van der Waals surface area contributed by atoms with Crippen LogP contribution in [0.1, 0.15) is 22.7 Å². The summed E-state index contributed by atoms with van der Waals surface area (Å²) in [6.45, 7) is 0.943. The average Bonchev–Trinajstić information content (AvgIpc) is 2.78. The molecule has 0 radical (unpaired) electrons. The van der Waals surface area contributed by atoms with Gasteiger partial charge in [-0.25, -0.2) is 0 Å². The van der Waals surface area contributed by atoms with Crippen LogP contribution in [0, 0.1) is 0 Å². The minimum atomic E-state index is 0. The highest BCUT2D eigenvalue weighted by Crippen LogP contribution is 2.37. The van der Waals surface area contributed by atoms with Crippen LogP contribution in [-0.2, 0) is 12.8 Å². The van der Waals surface area contributed by atoms with Gasteiger partial charge in [-0.1, -0.05) is 24.3 Å². The van der Waals surface area contributed by atoms with Crippen LogP contribution in [0.15, 0.2) is 54.9 Å². The number of hydrogen-bond acceptors (Lipinski definition) is 5. The minimum Gasteiger partial charge on any atom is -0.497 e. The van der Waals surface area contributed by atoms with Crippen LogP contribution in [0.25, 0.3) is 11.1 Å². The van der Waals surface area contributed by atoms with Crippen molar-refractivity contribution in [2.75, 3.05) is 27.9 Å². The van der Waals surface area contributed by atoms with Crippen molar-refractivity contribution in [3.05, 3.63) is 71.5 Å². The number of pyridine rings is 1. The van der Waals surface area contributed by atoms with E-state index >= 15 is 0 Å². The van der Waals surface area contributed by atoms with Crippen molar-refractivity contribution in [3.63, 3.8) is 0 Å². The van der Waals surface area contributed by atoms with Gasteiger partial charge >= 0.3 is 0 Å².